The summed E-state index contributed by atoms with van der Waals surface area (Å²) >= 11 is 5.64. The molecule has 0 spiro atoms. The summed E-state index contributed by atoms with van der Waals surface area (Å²) < 4.78 is 4.75. The normalized spacial score (nSPS) is 9.50. The van der Waals surface area contributed by atoms with Gasteiger partial charge in [-0.1, -0.05) is 17.7 Å². The first-order valence-electron chi connectivity index (χ1n) is 3.48. The van der Waals surface area contributed by atoms with Gasteiger partial charge in [-0.2, -0.15) is 0 Å². The first kappa shape index (κ1) is 9.07. The SMILES string of the molecule is CC(=O)OCc1[c]cc(Cl)cc1. The molecule has 2 nitrogen and oxygen atoms in total. The molecule has 0 aliphatic carbocycles. The standard InChI is InChI=1S/C9H8ClO2/c1-7(11)12-6-8-2-4-9(10)5-3-8/h2,4-5H,6H2,1H3. The van der Waals surface area contributed by atoms with Gasteiger partial charge in [0.15, 0.2) is 0 Å². The number of benzene rings is 1. The van der Waals surface area contributed by atoms with Crippen molar-refractivity contribution in [3.63, 3.8) is 0 Å². The molecule has 0 fully saturated rings. The molecule has 1 rings (SSSR count). The van der Waals surface area contributed by atoms with Crippen LogP contribution >= 0.6 is 11.6 Å². The molecule has 0 saturated carbocycles. The van der Waals surface area contributed by atoms with Gasteiger partial charge in [0, 0.05) is 11.9 Å². The second-order valence-electron chi connectivity index (χ2n) is 2.31. The third kappa shape index (κ3) is 2.93. The lowest BCUT2D eigenvalue weighted by Crippen LogP contribution is -1.98. The molecular formula is C9H8ClO2. The molecule has 0 aliphatic rings. The maximum atomic E-state index is 10.4. The maximum Gasteiger partial charge on any atom is 0.302 e. The third-order valence-electron chi connectivity index (χ3n) is 1.27. The van der Waals surface area contributed by atoms with Crippen molar-refractivity contribution in [1.82, 2.24) is 0 Å². The number of rotatable bonds is 2. The van der Waals surface area contributed by atoms with Crippen LogP contribution in [0.15, 0.2) is 18.2 Å². The van der Waals surface area contributed by atoms with E-state index in [0.717, 1.165) is 5.56 Å². The minimum absolute atomic E-state index is 0.256. The Bertz CT molecular complexity index is 266. The topological polar surface area (TPSA) is 26.3 Å². The van der Waals surface area contributed by atoms with Gasteiger partial charge in [-0.25, -0.2) is 0 Å². The van der Waals surface area contributed by atoms with Crippen LogP contribution in [-0.4, -0.2) is 5.97 Å². The molecule has 1 radical (unpaired) electrons. The summed E-state index contributed by atoms with van der Waals surface area (Å²) in [4.78, 5) is 10.4. The van der Waals surface area contributed by atoms with Crippen molar-refractivity contribution in [3.8, 4) is 0 Å². The van der Waals surface area contributed by atoms with Crippen LogP contribution in [0.5, 0.6) is 0 Å². The van der Waals surface area contributed by atoms with Crippen molar-refractivity contribution in [1.29, 1.82) is 0 Å². The Morgan fingerprint density at radius 1 is 1.67 bits per heavy atom. The van der Waals surface area contributed by atoms with Gasteiger partial charge in [-0.15, -0.1) is 0 Å². The van der Waals surface area contributed by atoms with E-state index in [2.05, 4.69) is 6.07 Å². The van der Waals surface area contributed by atoms with Crippen molar-refractivity contribution >= 4 is 17.6 Å². The zero-order valence-electron chi connectivity index (χ0n) is 6.63. The van der Waals surface area contributed by atoms with Crippen molar-refractivity contribution in [3.05, 3.63) is 34.9 Å². The molecule has 1 aromatic carbocycles. The minimum Gasteiger partial charge on any atom is -0.461 e. The Morgan fingerprint density at radius 2 is 2.42 bits per heavy atom. The molecule has 1 aromatic rings. The van der Waals surface area contributed by atoms with Crippen LogP contribution in [0.2, 0.25) is 5.02 Å². The summed E-state index contributed by atoms with van der Waals surface area (Å²) in [6.07, 6.45) is 0. The molecule has 0 amide bonds. The van der Waals surface area contributed by atoms with Gasteiger partial charge in [0.25, 0.3) is 0 Å². The second-order valence-corrected chi connectivity index (χ2v) is 2.75. The van der Waals surface area contributed by atoms with Gasteiger partial charge in [-0.05, 0) is 23.8 Å². The summed E-state index contributed by atoms with van der Waals surface area (Å²) in [6.45, 7) is 1.63. The van der Waals surface area contributed by atoms with Crippen LogP contribution in [-0.2, 0) is 16.1 Å². The highest BCUT2D eigenvalue weighted by Gasteiger charge is 1.95. The first-order chi connectivity index (χ1) is 5.68. The zero-order chi connectivity index (χ0) is 8.97. The van der Waals surface area contributed by atoms with E-state index in [1.807, 2.05) is 0 Å². The number of hydrogen-bond donors (Lipinski definition) is 0. The van der Waals surface area contributed by atoms with Crippen LogP contribution in [0.25, 0.3) is 0 Å². The number of hydrogen-bond acceptors (Lipinski definition) is 2. The molecule has 0 unspecified atom stereocenters. The fourth-order valence-electron chi connectivity index (χ4n) is 0.707. The van der Waals surface area contributed by atoms with E-state index in [1.165, 1.54) is 6.92 Å². The number of carbonyl (C=O) groups excluding carboxylic acids is 1. The largest absolute Gasteiger partial charge is 0.461 e. The van der Waals surface area contributed by atoms with E-state index in [1.54, 1.807) is 18.2 Å². The Morgan fingerprint density at radius 3 is 2.92 bits per heavy atom. The minimum atomic E-state index is -0.293. The van der Waals surface area contributed by atoms with Crippen molar-refractivity contribution in [2.75, 3.05) is 0 Å². The average molecular weight is 184 g/mol. The lowest BCUT2D eigenvalue weighted by Gasteiger charge is -2.00. The molecule has 0 N–H and O–H groups in total. The lowest BCUT2D eigenvalue weighted by molar-refractivity contribution is -0.142. The fourth-order valence-corrected chi connectivity index (χ4v) is 0.825. The molecule has 0 atom stereocenters. The summed E-state index contributed by atoms with van der Waals surface area (Å²) in [5.74, 6) is -0.293. The molecule has 0 bridgehead atoms. The van der Waals surface area contributed by atoms with Gasteiger partial charge < -0.3 is 4.74 Å². The van der Waals surface area contributed by atoms with Crippen LogP contribution in [0, 0.1) is 6.07 Å². The highest BCUT2D eigenvalue weighted by atomic mass is 35.5. The predicted octanol–water partition coefficient (Wildman–Crippen LogP) is 2.20. The molecule has 63 valence electrons. The zero-order valence-corrected chi connectivity index (χ0v) is 7.39. The Kier molecular flexibility index (Phi) is 3.11. The third-order valence-corrected chi connectivity index (χ3v) is 1.51. The quantitative estimate of drug-likeness (QED) is 0.658. The average Bonchev–Trinajstić information content (AvgIpc) is 2.03. The highest BCUT2D eigenvalue weighted by Crippen LogP contribution is 2.09. The summed E-state index contributed by atoms with van der Waals surface area (Å²) in [6, 6.07) is 8.02. The van der Waals surface area contributed by atoms with E-state index in [4.69, 9.17) is 16.3 Å². The van der Waals surface area contributed by atoms with E-state index in [-0.39, 0.29) is 12.6 Å². The van der Waals surface area contributed by atoms with Gasteiger partial charge >= 0.3 is 5.97 Å². The summed E-state index contributed by atoms with van der Waals surface area (Å²) in [5, 5.41) is 0.626. The number of ether oxygens (including phenoxy) is 1. The van der Waals surface area contributed by atoms with Gasteiger partial charge in [0.1, 0.15) is 6.61 Å². The molecule has 0 aromatic heterocycles. The second kappa shape index (κ2) is 4.12. The van der Waals surface area contributed by atoms with Gasteiger partial charge in [0.05, 0.1) is 0 Å². The van der Waals surface area contributed by atoms with Crippen molar-refractivity contribution < 1.29 is 9.53 Å². The molecule has 12 heavy (non-hydrogen) atoms. The van der Waals surface area contributed by atoms with E-state index in [0.29, 0.717) is 5.02 Å². The smallest absolute Gasteiger partial charge is 0.302 e. The van der Waals surface area contributed by atoms with E-state index in [9.17, 15) is 4.79 Å². The van der Waals surface area contributed by atoms with E-state index < -0.39 is 0 Å². The van der Waals surface area contributed by atoms with Crippen LogP contribution in [0.4, 0.5) is 0 Å². The van der Waals surface area contributed by atoms with Crippen LogP contribution < -0.4 is 0 Å². The van der Waals surface area contributed by atoms with Crippen molar-refractivity contribution in [2.24, 2.45) is 0 Å². The summed E-state index contributed by atoms with van der Waals surface area (Å²) in [7, 11) is 0. The fraction of sp³-hybridized carbons (Fsp3) is 0.222. The molecule has 0 saturated heterocycles. The van der Waals surface area contributed by atoms with Crippen LogP contribution in [0.3, 0.4) is 0 Å². The lowest BCUT2D eigenvalue weighted by atomic mass is 10.2. The molecule has 0 heterocycles. The summed E-state index contributed by atoms with van der Waals surface area (Å²) in [5.41, 5.74) is 0.814. The van der Waals surface area contributed by atoms with E-state index >= 15 is 0 Å². The maximum absolute atomic E-state index is 10.4. The van der Waals surface area contributed by atoms with Gasteiger partial charge in [-0.3, -0.25) is 4.79 Å². The number of carbonyl (C=O) groups is 1. The van der Waals surface area contributed by atoms with Crippen molar-refractivity contribution in [2.45, 2.75) is 13.5 Å². The first-order valence-corrected chi connectivity index (χ1v) is 3.86. The Labute approximate surface area is 76.1 Å². The number of esters is 1. The molecule has 0 aliphatic heterocycles. The molecule has 3 heteroatoms. The molecular weight excluding hydrogens is 176 g/mol. The Hall–Kier alpha value is -1.02. The van der Waals surface area contributed by atoms with Crippen LogP contribution in [0.1, 0.15) is 12.5 Å². The highest BCUT2D eigenvalue weighted by molar-refractivity contribution is 6.30. The monoisotopic (exact) mass is 183 g/mol. The Balaban J connectivity index is 2.53. The predicted molar refractivity (Wildman–Crippen MR) is 45.8 cm³/mol. The number of halogens is 1. The van der Waals surface area contributed by atoms with Gasteiger partial charge in [0.2, 0.25) is 0 Å².